The number of hydrogen-bond donors (Lipinski definition) is 3. The van der Waals surface area contributed by atoms with Crippen LogP contribution in [0.4, 0.5) is 5.69 Å². The normalized spacial score (nSPS) is 12.5. The summed E-state index contributed by atoms with van der Waals surface area (Å²) in [5, 5.41) is 18.0. The van der Waals surface area contributed by atoms with Gasteiger partial charge in [-0.05, 0) is 37.1 Å². The van der Waals surface area contributed by atoms with Crippen LogP contribution in [0.3, 0.4) is 0 Å². The summed E-state index contributed by atoms with van der Waals surface area (Å²) in [6.45, 7) is 3.63. The van der Waals surface area contributed by atoms with Crippen LogP contribution in [0.5, 0.6) is 5.75 Å². The minimum atomic E-state index is -0.976. The van der Waals surface area contributed by atoms with Crippen LogP contribution in [0.25, 0.3) is 0 Å². The second-order valence-corrected chi connectivity index (χ2v) is 3.57. The molecule has 0 fully saturated rings. The number of aliphatic hydroxyl groups excluding tert-OH is 2. The molecule has 0 aliphatic carbocycles. The lowest BCUT2D eigenvalue weighted by Gasteiger charge is -2.16. The molecule has 1 aromatic rings. The van der Waals surface area contributed by atoms with E-state index < -0.39 is 6.29 Å². The lowest BCUT2D eigenvalue weighted by molar-refractivity contribution is -0.0335. The molecule has 1 aromatic carbocycles. The Kier molecular flexibility index (Phi) is 3.94. The summed E-state index contributed by atoms with van der Waals surface area (Å²) >= 11 is 0. The fraction of sp³-hybridized carbons (Fsp3) is 0.455. The molecule has 1 atom stereocenters. The molecule has 0 radical (unpaired) electrons. The summed E-state index contributed by atoms with van der Waals surface area (Å²) in [5.41, 5.74) is 8.09. The van der Waals surface area contributed by atoms with E-state index in [0.717, 1.165) is 11.1 Å². The molecule has 4 nitrogen and oxygen atoms in total. The second kappa shape index (κ2) is 5.00. The largest absolute Gasteiger partial charge is 0.465 e. The highest BCUT2D eigenvalue weighted by molar-refractivity contribution is 5.52. The molecule has 0 aromatic heterocycles. The lowest BCUT2D eigenvalue weighted by atomic mass is 10.1. The first-order valence-electron chi connectivity index (χ1n) is 4.87. The van der Waals surface area contributed by atoms with Crippen molar-refractivity contribution in [2.24, 2.45) is 0 Å². The Bertz CT molecular complexity index is 316. The Balaban J connectivity index is 2.85. The van der Waals surface area contributed by atoms with E-state index in [2.05, 4.69) is 0 Å². The highest BCUT2D eigenvalue weighted by atomic mass is 16.6. The van der Waals surface area contributed by atoms with E-state index in [1.54, 1.807) is 12.1 Å². The van der Waals surface area contributed by atoms with Crippen molar-refractivity contribution in [2.45, 2.75) is 26.6 Å². The van der Waals surface area contributed by atoms with Crippen molar-refractivity contribution in [3.8, 4) is 5.75 Å². The highest BCUT2D eigenvalue weighted by Crippen LogP contribution is 2.26. The van der Waals surface area contributed by atoms with Gasteiger partial charge in [0.1, 0.15) is 5.75 Å². The van der Waals surface area contributed by atoms with E-state index in [0.29, 0.717) is 11.4 Å². The van der Waals surface area contributed by atoms with Gasteiger partial charge in [-0.1, -0.05) is 0 Å². The zero-order valence-electron chi connectivity index (χ0n) is 9.03. The molecule has 0 aliphatic rings. The zero-order valence-corrected chi connectivity index (χ0v) is 9.03. The number of anilines is 1. The van der Waals surface area contributed by atoms with Gasteiger partial charge in [0.15, 0.2) is 6.29 Å². The van der Waals surface area contributed by atoms with Gasteiger partial charge in [0.2, 0.25) is 0 Å². The standard InChI is InChI=1S/C11H17NO3/c1-7-5-9(12)6-8(2)11(7)15-10(14)3-4-13/h5-6,10,13-14H,3-4,12H2,1-2H3. The molecule has 0 saturated heterocycles. The first-order valence-corrected chi connectivity index (χ1v) is 4.87. The molecule has 0 heterocycles. The van der Waals surface area contributed by atoms with E-state index in [-0.39, 0.29) is 13.0 Å². The number of rotatable bonds is 4. The molecule has 84 valence electrons. The minimum absolute atomic E-state index is 0.103. The first kappa shape index (κ1) is 11.8. The topological polar surface area (TPSA) is 75.7 Å². The molecular formula is C11H17NO3. The number of nitrogen functional groups attached to an aromatic ring is 1. The van der Waals surface area contributed by atoms with Gasteiger partial charge in [0.25, 0.3) is 0 Å². The first-order chi connectivity index (χ1) is 7.04. The second-order valence-electron chi connectivity index (χ2n) is 3.57. The van der Waals surface area contributed by atoms with Crippen LogP contribution in [0.15, 0.2) is 12.1 Å². The van der Waals surface area contributed by atoms with Crippen LogP contribution in [-0.4, -0.2) is 23.1 Å². The van der Waals surface area contributed by atoms with Crippen LogP contribution in [0.1, 0.15) is 17.5 Å². The molecule has 4 N–H and O–H groups in total. The summed E-state index contributed by atoms with van der Waals surface area (Å²) in [6, 6.07) is 3.57. The quantitative estimate of drug-likeness (QED) is 0.512. The number of nitrogens with two attached hydrogens (primary N) is 1. The summed E-state index contributed by atoms with van der Waals surface area (Å²) in [4.78, 5) is 0. The van der Waals surface area contributed by atoms with Crippen molar-refractivity contribution >= 4 is 5.69 Å². The molecule has 4 heteroatoms. The van der Waals surface area contributed by atoms with Crippen molar-refractivity contribution in [2.75, 3.05) is 12.3 Å². The van der Waals surface area contributed by atoms with Crippen molar-refractivity contribution < 1.29 is 14.9 Å². The Morgan fingerprint density at radius 1 is 1.33 bits per heavy atom. The van der Waals surface area contributed by atoms with E-state index in [1.165, 1.54) is 0 Å². The monoisotopic (exact) mass is 211 g/mol. The zero-order chi connectivity index (χ0) is 11.4. The molecule has 0 aliphatic heterocycles. The van der Waals surface area contributed by atoms with Gasteiger partial charge in [-0.3, -0.25) is 0 Å². The van der Waals surface area contributed by atoms with Crippen LogP contribution in [0.2, 0.25) is 0 Å². The Labute approximate surface area is 89.3 Å². The molecule has 15 heavy (non-hydrogen) atoms. The predicted molar refractivity (Wildman–Crippen MR) is 58.7 cm³/mol. The van der Waals surface area contributed by atoms with Crippen LogP contribution < -0.4 is 10.5 Å². The average molecular weight is 211 g/mol. The van der Waals surface area contributed by atoms with Gasteiger partial charge < -0.3 is 20.7 Å². The lowest BCUT2D eigenvalue weighted by Crippen LogP contribution is -2.18. The van der Waals surface area contributed by atoms with E-state index in [9.17, 15) is 5.11 Å². The summed E-state index contributed by atoms with van der Waals surface area (Å²) in [5.74, 6) is 0.630. The summed E-state index contributed by atoms with van der Waals surface area (Å²) in [6.07, 6.45) is -0.778. The van der Waals surface area contributed by atoms with Gasteiger partial charge in [-0.25, -0.2) is 0 Å². The minimum Gasteiger partial charge on any atom is -0.465 e. The number of hydrogen-bond acceptors (Lipinski definition) is 4. The van der Waals surface area contributed by atoms with Gasteiger partial charge in [-0.2, -0.15) is 0 Å². The fourth-order valence-corrected chi connectivity index (χ4v) is 1.48. The Hall–Kier alpha value is -1.26. The van der Waals surface area contributed by atoms with E-state index >= 15 is 0 Å². The third kappa shape index (κ3) is 3.11. The summed E-state index contributed by atoms with van der Waals surface area (Å²) < 4.78 is 5.31. The van der Waals surface area contributed by atoms with Gasteiger partial charge in [0, 0.05) is 18.7 Å². The molecule has 0 bridgehead atoms. The average Bonchev–Trinajstić information content (AvgIpc) is 2.11. The molecule has 0 spiro atoms. The number of aryl methyl sites for hydroxylation is 2. The Morgan fingerprint density at radius 2 is 1.87 bits per heavy atom. The third-order valence-electron chi connectivity index (χ3n) is 2.11. The third-order valence-corrected chi connectivity index (χ3v) is 2.11. The number of benzene rings is 1. The predicted octanol–water partition coefficient (Wildman–Crippen LogP) is 0.965. The summed E-state index contributed by atoms with van der Waals surface area (Å²) in [7, 11) is 0. The highest BCUT2D eigenvalue weighted by Gasteiger charge is 2.10. The van der Waals surface area contributed by atoms with Crippen LogP contribution in [0, 0.1) is 13.8 Å². The van der Waals surface area contributed by atoms with Gasteiger partial charge in [0.05, 0.1) is 0 Å². The van der Waals surface area contributed by atoms with E-state index in [1.807, 2.05) is 13.8 Å². The van der Waals surface area contributed by atoms with Gasteiger partial charge >= 0.3 is 0 Å². The fourth-order valence-electron chi connectivity index (χ4n) is 1.48. The number of ether oxygens (including phenoxy) is 1. The molecule has 1 unspecified atom stereocenters. The van der Waals surface area contributed by atoms with Crippen molar-refractivity contribution in [3.05, 3.63) is 23.3 Å². The van der Waals surface area contributed by atoms with Crippen LogP contribution >= 0.6 is 0 Å². The maximum atomic E-state index is 9.41. The maximum absolute atomic E-state index is 9.41. The van der Waals surface area contributed by atoms with Crippen molar-refractivity contribution in [1.82, 2.24) is 0 Å². The van der Waals surface area contributed by atoms with Crippen molar-refractivity contribution in [3.63, 3.8) is 0 Å². The molecule has 1 rings (SSSR count). The Morgan fingerprint density at radius 3 is 2.33 bits per heavy atom. The smallest absolute Gasteiger partial charge is 0.199 e. The van der Waals surface area contributed by atoms with Crippen LogP contribution in [-0.2, 0) is 0 Å². The van der Waals surface area contributed by atoms with E-state index in [4.69, 9.17) is 15.6 Å². The molecular weight excluding hydrogens is 194 g/mol. The molecule has 0 amide bonds. The SMILES string of the molecule is Cc1cc(N)cc(C)c1OC(O)CCO. The van der Waals surface area contributed by atoms with Crippen molar-refractivity contribution in [1.29, 1.82) is 0 Å². The molecule has 0 saturated carbocycles. The number of aliphatic hydroxyl groups is 2. The van der Waals surface area contributed by atoms with Gasteiger partial charge in [-0.15, -0.1) is 0 Å². The maximum Gasteiger partial charge on any atom is 0.199 e.